The van der Waals surface area contributed by atoms with Crippen molar-refractivity contribution in [2.45, 2.75) is 18.2 Å². The van der Waals surface area contributed by atoms with Gasteiger partial charge in [0.2, 0.25) is 0 Å². The lowest BCUT2D eigenvalue weighted by Crippen LogP contribution is -2.00. The van der Waals surface area contributed by atoms with Crippen LogP contribution in [0.5, 0.6) is 0 Å². The van der Waals surface area contributed by atoms with Gasteiger partial charge in [-0.05, 0) is 30.5 Å². The third-order valence-corrected chi connectivity index (χ3v) is 4.00. The standard InChI is InChI=1S/C15H13BrFNO2/c1-10-6-7-11(9-14(10)17)13(16)8-12-4-2-3-5-15(12)18(19)20/h2-7,9,13H,8H2,1H3. The molecule has 0 aliphatic heterocycles. The molecular formula is C15H13BrFNO2. The fourth-order valence-corrected chi connectivity index (χ4v) is 2.61. The predicted octanol–water partition coefficient (Wildman–Crippen LogP) is 4.72. The average molecular weight is 338 g/mol. The van der Waals surface area contributed by atoms with Gasteiger partial charge in [-0.3, -0.25) is 10.1 Å². The van der Waals surface area contributed by atoms with Gasteiger partial charge in [-0.15, -0.1) is 0 Å². The summed E-state index contributed by atoms with van der Waals surface area (Å²) in [5, 5.41) is 11.0. The molecular weight excluding hydrogens is 325 g/mol. The molecule has 2 aromatic carbocycles. The van der Waals surface area contributed by atoms with Crippen LogP contribution >= 0.6 is 15.9 Å². The van der Waals surface area contributed by atoms with E-state index in [2.05, 4.69) is 15.9 Å². The van der Waals surface area contributed by atoms with E-state index < -0.39 is 4.92 Å². The second-order valence-corrected chi connectivity index (χ2v) is 5.67. The first-order valence-corrected chi connectivity index (χ1v) is 7.03. The molecule has 0 amide bonds. The van der Waals surface area contributed by atoms with Crippen molar-refractivity contribution in [3.8, 4) is 0 Å². The smallest absolute Gasteiger partial charge is 0.258 e. The van der Waals surface area contributed by atoms with Gasteiger partial charge in [0, 0.05) is 16.5 Å². The number of benzene rings is 2. The van der Waals surface area contributed by atoms with Crippen molar-refractivity contribution in [3.05, 3.63) is 75.1 Å². The Kier molecular flexibility index (Phi) is 4.49. The fourth-order valence-electron chi connectivity index (χ4n) is 1.98. The van der Waals surface area contributed by atoms with Crippen molar-refractivity contribution in [3.63, 3.8) is 0 Å². The summed E-state index contributed by atoms with van der Waals surface area (Å²) in [6.07, 6.45) is 0.430. The minimum absolute atomic E-state index is 0.0875. The Morgan fingerprint density at radius 2 is 2.00 bits per heavy atom. The topological polar surface area (TPSA) is 43.1 Å². The van der Waals surface area contributed by atoms with Gasteiger partial charge in [0.25, 0.3) is 5.69 Å². The zero-order chi connectivity index (χ0) is 14.7. The quantitative estimate of drug-likeness (QED) is 0.460. The van der Waals surface area contributed by atoms with Gasteiger partial charge in [-0.25, -0.2) is 4.39 Å². The van der Waals surface area contributed by atoms with E-state index in [4.69, 9.17) is 0 Å². The number of hydrogen-bond acceptors (Lipinski definition) is 2. The van der Waals surface area contributed by atoms with Gasteiger partial charge < -0.3 is 0 Å². The van der Waals surface area contributed by atoms with Gasteiger partial charge in [0.05, 0.1) is 4.92 Å². The first-order valence-electron chi connectivity index (χ1n) is 6.11. The predicted molar refractivity (Wildman–Crippen MR) is 79.6 cm³/mol. The molecule has 1 atom stereocenters. The Labute approximate surface area is 124 Å². The van der Waals surface area contributed by atoms with Crippen molar-refractivity contribution in [1.29, 1.82) is 0 Å². The molecule has 0 aliphatic carbocycles. The molecule has 0 heterocycles. The summed E-state index contributed by atoms with van der Waals surface area (Å²) in [6, 6.07) is 11.6. The zero-order valence-corrected chi connectivity index (χ0v) is 12.4. The molecule has 20 heavy (non-hydrogen) atoms. The molecule has 2 aromatic rings. The van der Waals surface area contributed by atoms with Crippen LogP contribution in [0.15, 0.2) is 42.5 Å². The van der Waals surface area contributed by atoms with Crippen molar-refractivity contribution in [1.82, 2.24) is 0 Å². The van der Waals surface area contributed by atoms with Crippen LogP contribution in [0.2, 0.25) is 0 Å². The molecule has 104 valence electrons. The Morgan fingerprint density at radius 3 is 2.65 bits per heavy atom. The molecule has 3 nitrogen and oxygen atoms in total. The van der Waals surface area contributed by atoms with E-state index in [0.717, 1.165) is 5.56 Å². The third-order valence-electron chi connectivity index (χ3n) is 3.15. The Morgan fingerprint density at radius 1 is 1.30 bits per heavy atom. The van der Waals surface area contributed by atoms with Gasteiger partial charge in [0.1, 0.15) is 5.82 Å². The van der Waals surface area contributed by atoms with Crippen LogP contribution in [0.1, 0.15) is 21.5 Å². The normalized spacial score (nSPS) is 12.2. The van der Waals surface area contributed by atoms with Crippen LogP contribution in [0.4, 0.5) is 10.1 Å². The second kappa shape index (κ2) is 6.13. The van der Waals surface area contributed by atoms with E-state index in [0.29, 0.717) is 17.5 Å². The molecule has 0 saturated heterocycles. The molecule has 1 unspecified atom stereocenters. The summed E-state index contributed by atoms with van der Waals surface area (Å²) in [5.74, 6) is -0.269. The van der Waals surface area contributed by atoms with Crippen molar-refractivity contribution in [2.75, 3.05) is 0 Å². The number of alkyl halides is 1. The maximum Gasteiger partial charge on any atom is 0.272 e. The highest BCUT2D eigenvalue weighted by Crippen LogP contribution is 2.31. The van der Waals surface area contributed by atoms with Crippen LogP contribution in [0.3, 0.4) is 0 Å². The Balaban J connectivity index is 2.25. The van der Waals surface area contributed by atoms with Gasteiger partial charge in [-0.1, -0.05) is 46.3 Å². The lowest BCUT2D eigenvalue weighted by molar-refractivity contribution is -0.385. The van der Waals surface area contributed by atoms with Gasteiger partial charge in [-0.2, -0.15) is 0 Å². The third kappa shape index (κ3) is 3.22. The molecule has 0 radical (unpaired) electrons. The maximum absolute atomic E-state index is 13.6. The van der Waals surface area contributed by atoms with Crippen LogP contribution in [0, 0.1) is 22.9 Å². The highest BCUT2D eigenvalue weighted by Gasteiger charge is 2.17. The summed E-state index contributed by atoms with van der Waals surface area (Å²) in [5.41, 5.74) is 2.07. The first kappa shape index (κ1) is 14.7. The zero-order valence-electron chi connectivity index (χ0n) is 10.8. The number of hydrogen-bond donors (Lipinski definition) is 0. The summed E-state index contributed by atoms with van der Waals surface area (Å²) >= 11 is 3.48. The molecule has 5 heteroatoms. The largest absolute Gasteiger partial charge is 0.272 e. The van der Waals surface area contributed by atoms with Gasteiger partial charge in [0.15, 0.2) is 0 Å². The summed E-state index contributed by atoms with van der Waals surface area (Å²) < 4.78 is 13.6. The van der Waals surface area contributed by atoms with Crippen LogP contribution in [-0.2, 0) is 6.42 Å². The van der Waals surface area contributed by atoms with Gasteiger partial charge >= 0.3 is 0 Å². The monoisotopic (exact) mass is 337 g/mol. The summed E-state index contributed by atoms with van der Waals surface area (Å²) in [7, 11) is 0. The second-order valence-electron chi connectivity index (χ2n) is 4.57. The molecule has 0 aromatic heterocycles. The van der Waals surface area contributed by atoms with Crippen LogP contribution in [0.25, 0.3) is 0 Å². The van der Waals surface area contributed by atoms with Crippen LogP contribution < -0.4 is 0 Å². The number of aryl methyl sites for hydroxylation is 1. The minimum atomic E-state index is -0.398. The molecule has 0 N–H and O–H groups in total. The van der Waals surface area contributed by atoms with Crippen molar-refractivity contribution < 1.29 is 9.31 Å². The number of nitrogens with zero attached hydrogens (tertiary/aromatic N) is 1. The highest BCUT2D eigenvalue weighted by molar-refractivity contribution is 9.09. The SMILES string of the molecule is Cc1ccc(C(Br)Cc2ccccc2[N+](=O)[O-])cc1F. The number of nitro benzene ring substituents is 1. The van der Waals surface area contributed by atoms with Crippen molar-refractivity contribution in [2.24, 2.45) is 0 Å². The average Bonchev–Trinajstić information content (AvgIpc) is 2.42. The number of rotatable bonds is 4. The van der Waals surface area contributed by atoms with E-state index in [9.17, 15) is 14.5 Å². The molecule has 0 saturated carbocycles. The number of nitro groups is 1. The first-order chi connectivity index (χ1) is 9.49. The lowest BCUT2D eigenvalue weighted by atomic mass is 10.0. The lowest BCUT2D eigenvalue weighted by Gasteiger charge is -2.11. The molecule has 0 spiro atoms. The summed E-state index contributed by atoms with van der Waals surface area (Å²) in [6.45, 7) is 1.70. The van der Waals surface area contributed by atoms with Crippen LogP contribution in [-0.4, -0.2) is 4.92 Å². The molecule has 2 rings (SSSR count). The van der Waals surface area contributed by atoms with E-state index >= 15 is 0 Å². The molecule has 0 aliphatic rings. The highest BCUT2D eigenvalue weighted by atomic mass is 79.9. The number of halogens is 2. The Bertz CT molecular complexity index is 646. The van der Waals surface area contributed by atoms with E-state index in [1.165, 1.54) is 12.1 Å². The number of para-hydroxylation sites is 1. The summed E-state index contributed by atoms with van der Waals surface area (Å²) in [4.78, 5) is 10.4. The van der Waals surface area contributed by atoms with Crippen molar-refractivity contribution >= 4 is 21.6 Å². The fraction of sp³-hybridized carbons (Fsp3) is 0.200. The molecule has 0 bridgehead atoms. The minimum Gasteiger partial charge on any atom is -0.258 e. The van der Waals surface area contributed by atoms with E-state index in [1.54, 1.807) is 31.2 Å². The van der Waals surface area contributed by atoms with E-state index in [1.807, 2.05) is 6.07 Å². The Hall–Kier alpha value is -1.75. The maximum atomic E-state index is 13.6. The van der Waals surface area contributed by atoms with E-state index in [-0.39, 0.29) is 16.3 Å². The molecule has 0 fully saturated rings.